The molecule has 0 saturated carbocycles. The Morgan fingerprint density at radius 3 is 2.60 bits per heavy atom. The fourth-order valence-corrected chi connectivity index (χ4v) is 3.73. The molecule has 0 radical (unpaired) electrons. The van der Waals surface area contributed by atoms with Gasteiger partial charge in [-0.1, -0.05) is 35.0 Å². The molecule has 1 aliphatic rings. The number of amides is 3. The largest absolute Gasteiger partial charge is 0.497 e. The van der Waals surface area contributed by atoms with Crippen LogP contribution in [0.5, 0.6) is 5.75 Å². The molecule has 0 aliphatic carbocycles. The van der Waals surface area contributed by atoms with E-state index in [0.717, 1.165) is 11.3 Å². The van der Waals surface area contributed by atoms with E-state index in [1.165, 1.54) is 12.1 Å². The third kappa shape index (κ3) is 5.30. The Labute approximate surface area is 183 Å². The van der Waals surface area contributed by atoms with Crippen molar-refractivity contribution in [1.29, 1.82) is 0 Å². The van der Waals surface area contributed by atoms with Gasteiger partial charge < -0.3 is 20.3 Å². The lowest BCUT2D eigenvalue weighted by Gasteiger charge is -2.38. The van der Waals surface area contributed by atoms with E-state index in [-0.39, 0.29) is 17.6 Å². The van der Waals surface area contributed by atoms with Gasteiger partial charge in [-0.15, -0.1) is 0 Å². The van der Waals surface area contributed by atoms with Crippen molar-refractivity contribution in [3.8, 4) is 5.75 Å². The summed E-state index contributed by atoms with van der Waals surface area (Å²) in [6, 6.07) is 11.7. The van der Waals surface area contributed by atoms with Crippen LogP contribution in [0.25, 0.3) is 0 Å². The van der Waals surface area contributed by atoms with Crippen LogP contribution in [0.1, 0.15) is 25.3 Å². The Morgan fingerprint density at radius 1 is 1.20 bits per heavy atom. The van der Waals surface area contributed by atoms with Gasteiger partial charge in [-0.05, 0) is 48.7 Å². The molecule has 30 heavy (non-hydrogen) atoms. The predicted octanol–water partition coefficient (Wildman–Crippen LogP) is 4.55. The lowest BCUT2D eigenvalue weighted by molar-refractivity contribution is -0.132. The average Bonchev–Trinajstić information content (AvgIpc) is 2.74. The smallest absolute Gasteiger partial charge is 0.321 e. The lowest BCUT2D eigenvalue weighted by atomic mass is 9.79. The highest BCUT2D eigenvalue weighted by molar-refractivity contribution is 9.10. The van der Waals surface area contributed by atoms with Gasteiger partial charge in [0.15, 0.2) is 0 Å². The van der Waals surface area contributed by atoms with Gasteiger partial charge in [0, 0.05) is 29.5 Å². The zero-order valence-corrected chi connectivity index (χ0v) is 18.6. The molecule has 0 atom stereocenters. The molecule has 160 valence electrons. The van der Waals surface area contributed by atoms with Gasteiger partial charge in [0.25, 0.3) is 0 Å². The van der Waals surface area contributed by atoms with Crippen molar-refractivity contribution < 1.29 is 18.7 Å². The van der Waals surface area contributed by atoms with Crippen LogP contribution in [-0.4, -0.2) is 37.0 Å². The molecule has 3 amide bonds. The average molecular weight is 478 g/mol. The van der Waals surface area contributed by atoms with Crippen molar-refractivity contribution in [2.75, 3.05) is 25.5 Å². The molecule has 1 fully saturated rings. The van der Waals surface area contributed by atoms with Crippen LogP contribution in [0.3, 0.4) is 0 Å². The van der Waals surface area contributed by atoms with E-state index >= 15 is 0 Å². The van der Waals surface area contributed by atoms with Crippen LogP contribution < -0.4 is 15.4 Å². The zero-order valence-electron chi connectivity index (χ0n) is 17.0. The highest BCUT2D eigenvalue weighted by Crippen LogP contribution is 2.32. The molecular formula is C22H25BrFN3O3. The molecule has 0 unspecified atom stereocenters. The summed E-state index contributed by atoms with van der Waals surface area (Å²) in [6.07, 6.45) is 1.07. The van der Waals surface area contributed by atoms with Crippen molar-refractivity contribution in [2.24, 2.45) is 5.41 Å². The summed E-state index contributed by atoms with van der Waals surface area (Å²) in [5.41, 5.74) is 0.533. The maximum absolute atomic E-state index is 14.0. The van der Waals surface area contributed by atoms with Gasteiger partial charge in [-0.3, -0.25) is 4.79 Å². The number of likely N-dealkylation sites (tertiary alicyclic amines) is 1. The fourth-order valence-electron chi connectivity index (χ4n) is 3.39. The second-order valence-corrected chi connectivity index (χ2v) is 8.55. The minimum Gasteiger partial charge on any atom is -0.497 e. The van der Waals surface area contributed by atoms with Crippen LogP contribution in [-0.2, 0) is 11.3 Å². The van der Waals surface area contributed by atoms with Crippen molar-refractivity contribution in [2.45, 2.75) is 26.3 Å². The molecule has 2 aromatic rings. The molecule has 2 N–H and O–H groups in total. The number of piperidine rings is 1. The molecule has 1 saturated heterocycles. The first-order chi connectivity index (χ1) is 14.3. The van der Waals surface area contributed by atoms with E-state index < -0.39 is 11.2 Å². The number of carbonyl (C=O) groups excluding carboxylic acids is 2. The Bertz CT molecular complexity index is 930. The second kappa shape index (κ2) is 9.47. The number of rotatable bonds is 5. The number of urea groups is 1. The third-order valence-electron chi connectivity index (χ3n) is 5.46. The van der Waals surface area contributed by atoms with Gasteiger partial charge in [-0.25, -0.2) is 9.18 Å². The van der Waals surface area contributed by atoms with Gasteiger partial charge in [-0.2, -0.15) is 0 Å². The van der Waals surface area contributed by atoms with Crippen molar-refractivity contribution in [3.63, 3.8) is 0 Å². The summed E-state index contributed by atoms with van der Waals surface area (Å²) in [5, 5.41) is 5.59. The van der Waals surface area contributed by atoms with E-state index in [0.29, 0.717) is 36.9 Å². The summed E-state index contributed by atoms with van der Waals surface area (Å²) in [5.74, 6) is 0.204. The summed E-state index contributed by atoms with van der Waals surface area (Å²) in [7, 11) is 1.60. The highest BCUT2D eigenvalue weighted by atomic mass is 79.9. The van der Waals surface area contributed by atoms with Crippen molar-refractivity contribution in [1.82, 2.24) is 10.2 Å². The van der Waals surface area contributed by atoms with Crippen molar-refractivity contribution in [3.05, 3.63) is 58.3 Å². The number of benzene rings is 2. The first kappa shape index (κ1) is 22.1. The topological polar surface area (TPSA) is 70.7 Å². The van der Waals surface area contributed by atoms with E-state index in [9.17, 15) is 14.0 Å². The summed E-state index contributed by atoms with van der Waals surface area (Å²) < 4.78 is 19.8. The number of methoxy groups -OCH3 is 1. The van der Waals surface area contributed by atoms with Crippen LogP contribution in [0.15, 0.2) is 46.9 Å². The number of hydrogen-bond acceptors (Lipinski definition) is 3. The minimum absolute atomic E-state index is 0.0377. The SMILES string of the molecule is COc1cccc(CNC(=O)C2(C)CCN(C(=O)Nc3ccc(Br)cc3F)CC2)c1. The van der Waals surface area contributed by atoms with E-state index in [4.69, 9.17) is 4.74 Å². The molecule has 1 heterocycles. The van der Waals surface area contributed by atoms with E-state index in [2.05, 4.69) is 26.6 Å². The Kier molecular flexibility index (Phi) is 6.97. The molecule has 0 aromatic heterocycles. The van der Waals surface area contributed by atoms with E-state index in [1.807, 2.05) is 31.2 Å². The number of anilines is 1. The summed E-state index contributed by atoms with van der Waals surface area (Å²) in [4.78, 5) is 26.9. The third-order valence-corrected chi connectivity index (χ3v) is 5.96. The van der Waals surface area contributed by atoms with Crippen LogP contribution in [0, 0.1) is 11.2 Å². The van der Waals surface area contributed by atoms with Gasteiger partial charge in [0.2, 0.25) is 5.91 Å². The fraction of sp³-hybridized carbons (Fsp3) is 0.364. The van der Waals surface area contributed by atoms with Crippen LogP contribution in [0.2, 0.25) is 0 Å². The zero-order chi connectivity index (χ0) is 21.7. The number of halogens is 2. The Hall–Kier alpha value is -2.61. The maximum atomic E-state index is 14.0. The Morgan fingerprint density at radius 2 is 1.93 bits per heavy atom. The molecular weight excluding hydrogens is 453 g/mol. The van der Waals surface area contributed by atoms with Crippen LogP contribution in [0.4, 0.5) is 14.9 Å². The molecule has 3 rings (SSSR count). The van der Waals surface area contributed by atoms with Gasteiger partial charge in [0.05, 0.1) is 12.8 Å². The number of nitrogens with zero attached hydrogens (tertiary/aromatic N) is 1. The predicted molar refractivity (Wildman–Crippen MR) is 117 cm³/mol. The van der Waals surface area contributed by atoms with Gasteiger partial charge in [0.1, 0.15) is 11.6 Å². The summed E-state index contributed by atoms with van der Waals surface area (Å²) in [6.45, 7) is 3.18. The first-order valence-electron chi connectivity index (χ1n) is 9.73. The number of carbonyl (C=O) groups is 2. The molecule has 0 bridgehead atoms. The number of nitrogens with one attached hydrogen (secondary N) is 2. The standard InChI is InChI=1S/C22H25BrFN3O3/c1-22(20(28)25-14-15-4-3-5-17(12-15)30-2)8-10-27(11-9-22)21(29)26-19-7-6-16(23)13-18(19)24/h3-7,12-13H,8-11,14H2,1-2H3,(H,25,28)(H,26,29). The maximum Gasteiger partial charge on any atom is 0.321 e. The van der Waals surface area contributed by atoms with E-state index in [1.54, 1.807) is 18.1 Å². The monoisotopic (exact) mass is 477 g/mol. The molecule has 1 aliphatic heterocycles. The molecule has 2 aromatic carbocycles. The second-order valence-electron chi connectivity index (χ2n) is 7.64. The first-order valence-corrected chi connectivity index (χ1v) is 10.5. The van der Waals surface area contributed by atoms with Crippen molar-refractivity contribution >= 4 is 33.6 Å². The minimum atomic E-state index is -0.557. The molecule has 6 nitrogen and oxygen atoms in total. The summed E-state index contributed by atoms with van der Waals surface area (Å²) >= 11 is 3.19. The quantitative estimate of drug-likeness (QED) is 0.663. The highest BCUT2D eigenvalue weighted by Gasteiger charge is 2.38. The normalized spacial score (nSPS) is 15.4. The van der Waals surface area contributed by atoms with Crippen LogP contribution >= 0.6 is 15.9 Å². The molecule has 8 heteroatoms. The number of hydrogen-bond donors (Lipinski definition) is 2. The lowest BCUT2D eigenvalue weighted by Crippen LogP contribution is -2.49. The van der Waals surface area contributed by atoms with Gasteiger partial charge >= 0.3 is 6.03 Å². The molecule has 0 spiro atoms. The Balaban J connectivity index is 1.52. The number of ether oxygens (including phenoxy) is 1.